The van der Waals surface area contributed by atoms with Crippen LogP contribution < -0.4 is 4.90 Å². The van der Waals surface area contributed by atoms with Crippen molar-refractivity contribution in [1.82, 2.24) is 9.88 Å². The van der Waals surface area contributed by atoms with Crippen LogP contribution in [0.3, 0.4) is 0 Å². The molecule has 16 heavy (non-hydrogen) atoms. The van der Waals surface area contributed by atoms with Crippen LogP contribution in [0.15, 0.2) is 18.3 Å². The van der Waals surface area contributed by atoms with Gasteiger partial charge in [0.25, 0.3) is 0 Å². The predicted molar refractivity (Wildman–Crippen MR) is 65.7 cm³/mol. The van der Waals surface area contributed by atoms with Gasteiger partial charge in [0.2, 0.25) is 0 Å². The summed E-state index contributed by atoms with van der Waals surface area (Å²) >= 11 is 0. The molecular formula is C13H19N3. The summed E-state index contributed by atoms with van der Waals surface area (Å²) < 4.78 is 0. The monoisotopic (exact) mass is 217 g/mol. The molecule has 2 fully saturated rings. The van der Waals surface area contributed by atoms with E-state index in [9.17, 15) is 0 Å². The van der Waals surface area contributed by atoms with E-state index in [2.05, 4.69) is 34.0 Å². The molecule has 3 rings (SSSR count). The molecule has 3 heterocycles. The van der Waals surface area contributed by atoms with Crippen LogP contribution in [0.4, 0.5) is 5.69 Å². The van der Waals surface area contributed by atoms with E-state index in [0.29, 0.717) is 0 Å². The van der Waals surface area contributed by atoms with E-state index in [1.54, 1.807) is 0 Å². The minimum absolute atomic E-state index is 0.867. The average Bonchev–Trinajstić information content (AvgIpc) is 2.75. The third-order valence-electron chi connectivity index (χ3n) is 3.93. The van der Waals surface area contributed by atoms with Gasteiger partial charge >= 0.3 is 0 Å². The standard InChI is InChI=1S/C13H19N3/c1-10-3-4-13(5-14-10)16-8-11-6-15(2)7-12(11)9-16/h3-5,11-12H,6-9H2,1-2H3. The summed E-state index contributed by atoms with van der Waals surface area (Å²) in [6, 6.07) is 4.31. The van der Waals surface area contributed by atoms with Gasteiger partial charge in [0.1, 0.15) is 0 Å². The number of rotatable bonds is 1. The highest BCUT2D eigenvalue weighted by atomic mass is 15.2. The van der Waals surface area contributed by atoms with Gasteiger partial charge in [-0.1, -0.05) is 0 Å². The van der Waals surface area contributed by atoms with E-state index in [4.69, 9.17) is 0 Å². The summed E-state index contributed by atoms with van der Waals surface area (Å²) in [5.41, 5.74) is 2.39. The van der Waals surface area contributed by atoms with Gasteiger partial charge in [-0.2, -0.15) is 0 Å². The third kappa shape index (κ3) is 1.69. The van der Waals surface area contributed by atoms with Crippen molar-refractivity contribution in [2.75, 3.05) is 38.1 Å². The molecule has 2 unspecified atom stereocenters. The zero-order chi connectivity index (χ0) is 11.1. The minimum Gasteiger partial charge on any atom is -0.370 e. The van der Waals surface area contributed by atoms with E-state index in [1.165, 1.54) is 31.9 Å². The second-order valence-corrected chi connectivity index (χ2v) is 5.30. The fourth-order valence-electron chi connectivity index (χ4n) is 3.09. The zero-order valence-electron chi connectivity index (χ0n) is 10.1. The van der Waals surface area contributed by atoms with Gasteiger partial charge in [0.15, 0.2) is 0 Å². The Kier molecular flexibility index (Phi) is 2.36. The Bertz CT molecular complexity index is 359. The average molecular weight is 217 g/mol. The van der Waals surface area contributed by atoms with Crippen molar-refractivity contribution >= 4 is 5.69 Å². The van der Waals surface area contributed by atoms with Crippen LogP contribution in [0.2, 0.25) is 0 Å². The second kappa shape index (κ2) is 3.74. The van der Waals surface area contributed by atoms with Crippen molar-refractivity contribution in [1.29, 1.82) is 0 Å². The molecule has 0 bridgehead atoms. The van der Waals surface area contributed by atoms with Gasteiger partial charge in [0.05, 0.1) is 11.9 Å². The molecule has 0 aromatic carbocycles. The first-order chi connectivity index (χ1) is 7.72. The predicted octanol–water partition coefficient (Wildman–Crippen LogP) is 1.39. The normalized spacial score (nSPS) is 29.8. The van der Waals surface area contributed by atoms with Crippen molar-refractivity contribution in [2.45, 2.75) is 6.92 Å². The molecule has 1 aromatic heterocycles. The van der Waals surface area contributed by atoms with Crippen molar-refractivity contribution in [3.8, 4) is 0 Å². The molecule has 86 valence electrons. The molecule has 2 saturated heterocycles. The lowest BCUT2D eigenvalue weighted by atomic mass is 10.0. The van der Waals surface area contributed by atoms with Crippen LogP contribution in [0.5, 0.6) is 0 Å². The number of nitrogens with zero attached hydrogens (tertiary/aromatic N) is 3. The van der Waals surface area contributed by atoms with Gasteiger partial charge in [-0.25, -0.2) is 0 Å². The Morgan fingerprint density at radius 3 is 2.38 bits per heavy atom. The van der Waals surface area contributed by atoms with Crippen molar-refractivity contribution < 1.29 is 0 Å². The van der Waals surface area contributed by atoms with Crippen molar-refractivity contribution in [2.24, 2.45) is 11.8 Å². The van der Waals surface area contributed by atoms with Gasteiger partial charge in [-0.3, -0.25) is 4.98 Å². The molecule has 2 aliphatic rings. The minimum atomic E-state index is 0.867. The molecule has 1 aromatic rings. The van der Waals surface area contributed by atoms with Crippen molar-refractivity contribution in [3.63, 3.8) is 0 Å². The molecule has 2 aliphatic heterocycles. The maximum Gasteiger partial charge on any atom is 0.0553 e. The molecule has 0 aliphatic carbocycles. The van der Waals surface area contributed by atoms with E-state index < -0.39 is 0 Å². The number of anilines is 1. The topological polar surface area (TPSA) is 19.4 Å². The van der Waals surface area contributed by atoms with Gasteiger partial charge in [-0.05, 0) is 37.9 Å². The Labute approximate surface area is 97.1 Å². The molecular weight excluding hydrogens is 198 g/mol. The van der Waals surface area contributed by atoms with Crippen LogP contribution >= 0.6 is 0 Å². The number of likely N-dealkylation sites (tertiary alicyclic amines) is 1. The van der Waals surface area contributed by atoms with Crippen LogP contribution in [-0.2, 0) is 0 Å². The van der Waals surface area contributed by atoms with Crippen molar-refractivity contribution in [3.05, 3.63) is 24.0 Å². The fourth-order valence-corrected chi connectivity index (χ4v) is 3.09. The maximum absolute atomic E-state index is 4.38. The number of hydrogen-bond donors (Lipinski definition) is 0. The number of pyridine rings is 1. The third-order valence-corrected chi connectivity index (χ3v) is 3.93. The zero-order valence-corrected chi connectivity index (χ0v) is 10.1. The Balaban J connectivity index is 1.73. The molecule has 2 atom stereocenters. The Morgan fingerprint density at radius 1 is 1.12 bits per heavy atom. The quantitative estimate of drug-likeness (QED) is 0.708. The van der Waals surface area contributed by atoms with Gasteiger partial charge in [-0.15, -0.1) is 0 Å². The lowest BCUT2D eigenvalue weighted by molar-refractivity contribution is 0.387. The number of hydrogen-bond acceptors (Lipinski definition) is 3. The van der Waals surface area contributed by atoms with E-state index >= 15 is 0 Å². The molecule has 0 amide bonds. The molecule has 3 heteroatoms. The first-order valence-electron chi connectivity index (χ1n) is 6.08. The second-order valence-electron chi connectivity index (χ2n) is 5.30. The van der Waals surface area contributed by atoms with Crippen LogP contribution in [0.1, 0.15) is 5.69 Å². The van der Waals surface area contributed by atoms with E-state index in [0.717, 1.165) is 17.5 Å². The smallest absolute Gasteiger partial charge is 0.0553 e. The van der Waals surface area contributed by atoms with Crippen LogP contribution in [-0.4, -0.2) is 43.1 Å². The molecule has 0 spiro atoms. The van der Waals surface area contributed by atoms with Crippen LogP contribution in [0, 0.1) is 18.8 Å². The van der Waals surface area contributed by atoms with Gasteiger partial charge in [0, 0.05) is 31.9 Å². The number of fused-ring (bicyclic) bond motifs is 1. The Morgan fingerprint density at radius 2 is 1.81 bits per heavy atom. The molecule has 0 saturated carbocycles. The summed E-state index contributed by atoms with van der Waals surface area (Å²) in [5.74, 6) is 1.73. The van der Waals surface area contributed by atoms with E-state index in [1.807, 2.05) is 13.1 Å². The van der Waals surface area contributed by atoms with Crippen LogP contribution in [0.25, 0.3) is 0 Å². The highest BCUT2D eigenvalue weighted by molar-refractivity contribution is 5.46. The summed E-state index contributed by atoms with van der Waals surface area (Å²) in [7, 11) is 2.23. The summed E-state index contributed by atoms with van der Waals surface area (Å²) in [6.07, 6.45) is 2.01. The summed E-state index contributed by atoms with van der Waals surface area (Å²) in [6.45, 7) is 6.98. The first-order valence-corrected chi connectivity index (χ1v) is 6.08. The number of aryl methyl sites for hydroxylation is 1. The SMILES string of the molecule is Cc1ccc(N2CC3CN(C)CC3C2)cn1. The highest BCUT2D eigenvalue weighted by Crippen LogP contribution is 2.32. The molecule has 0 N–H and O–H groups in total. The molecule has 3 nitrogen and oxygen atoms in total. The van der Waals surface area contributed by atoms with Gasteiger partial charge < -0.3 is 9.80 Å². The maximum atomic E-state index is 4.38. The highest BCUT2D eigenvalue weighted by Gasteiger charge is 2.38. The lowest BCUT2D eigenvalue weighted by Crippen LogP contribution is -2.26. The molecule has 0 radical (unpaired) electrons. The summed E-state index contributed by atoms with van der Waals surface area (Å²) in [4.78, 5) is 9.33. The Hall–Kier alpha value is -1.09. The van der Waals surface area contributed by atoms with E-state index in [-0.39, 0.29) is 0 Å². The summed E-state index contributed by atoms with van der Waals surface area (Å²) in [5, 5.41) is 0. The lowest BCUT2D eigenvalue weighted by Gasteiger charge is -2.20. The number of aromatic nitrogens is 1. The fraction of sp³-hybridized carbons (Fsp3) is 0.615. The largest absolute Gasteiger partial charge is 0.370 e. The first kappa shape index (κ1) is 10.1.